The summed E-state index contributed by atoms with van der Waals surface area (Å²) >= 11 is 1.93. The van der Waals surface area contributed by atoms with E-state index < -0.39 is 0 Å². The highest BCUT2D eigenvalue weighted by Gasteiger charge is 2.10. The number of allylic oxidation sites excluding steroid dienone is 1. The van der Waals surface area contributed by atoms with Crippen LogP contribution in [0.15, 0.2) is 35.7 Å². The molecule has 0 bridgehead atoms. The van der Waals surface area contributed by atoms with Gasteiger partial charge in [-0.25, -0.2) is 0 Å². The number of thioether (sulfide) groups is 1. The molecule has 0 spiro atoms. The van der Waals surface area contributed by atoms with Gasteiger partial charge in [-0.05, 0) is 34.8 Å². The molecule has 80 valence electrons. The lowest BCUT2D eigenvalue weighted by Gasteiger charge is -2.09. The van der Waals surface area contributed by atoms with Crippen LogP contribution in [0.3, 0.4) is 0 Å². The molecule has 1 heterocycles. The Balaban J connectivity index is 2.00. The van der Waals surface area contributed by atoms with Gasteiger partial charge in [-0.2, -0.15) is 0 Å². The van der Waals surface area contributed by atoms with Crippen LogP contribution in [0.4, 0.5) is 0 Å². The maximum Gasteiger partial charge on any atom is 0.00405 e. The molecule has 2 rings (SSSR count). The van der Waals surface area contributed by atoms with Crippen molar-refractivity contribution in [3.05, 3.63) is 46.9 Å². The normalized spacial score (nSPS) is 20.1. The molecular weight excluding hydrogens is 200 g/mol. The van der Waals surface area contributed by atoms with Gasteiger partial charge in [-0.3, -0.25) is 0 Å². The Morgan fingerprint density at radius 3 is 2.53 bits per heavy atom. The lowest BCUT2D eigenvalue weighted by atomic mass is 9.97. The van der Waals surface area contributed by atoms with Crippen molar-refractivity contribution in [2.24, 2.45) is 5.92 Å². The largest absolute Gasteiger partial charge is 0.134 e. The average molecular weight is 218 g/mol. The van der Waals surface area contributed by atoms with Crippen molar-refractivity contribution >= 4 is 11.8 Å². The fourth-order valence-corrected chi connectivity index (χ4v) is 2.79. The highest BCUT2D eigenvalue weighted by Crippen LogP contribution is 2.24. The lowest BCUT2D eigenvalue weighted by molar-refractivity contribution is 0.744. The van der Waals surface area contributed by atoms with Crippen molar-refractivity contribution in [1.82, 2.24) is 0 Å². The van der Waals surface area contributed by atoms with E-state index in [-0.39, 0.29) is 0 Å². The number of rotatable bonds is 3. The van der Waals surface area contributed by atoms with Crippen molar-refractivity contribution in [3.63, 3.8) is 0 Å². The van der Waals surface area contributed by atoms with Gasteiger partial charge < -0.3 is 0 Å². The van der Waals surface area contributed by atoms with Crippen LogP contribution in [0.2, 0.25) is 0 Å². The third kappa shape index (κ3) is 2.88. The van der Waals surface area contributed by atoms with Gasteiger partial charge in [0.15, 0.2) is 0 Å². The van der Waals surface area contributed by atoms with Gasteiger partial charge in [-0.1, -0.05) is 44.2 Å². The van der Waals surface area contributed by atoms with E-state index >= 15 is 0 Å². The third-order valence-electron chi connectivity index (χ3n) is 2.90. The summed E-state index contributed by atoms with van der Waals surface area (Å²) in [6, 6.07) is 9.11. The van der Waals surface area contributed by atoms with Gasteiger partial charge in [0, 0.05) is 5.75 Å². The molecule has 0 amide bonds. The Bertz CT molecular complexity index is 335. The summed E-state index contributed by atoms with van der Waals surface area (Å²) in [6.45, 7) is 4.48. The van der Waals surface area contributed by atoms with Gasteiger partial charge in [0.1, 0.15) is 0 Å². The zero-order valence-corrected chi connectivity index (χ0v) is 10.3. The predicted octanol–water partition coefficient (Wildman–Crippen LogP) is 4.23. The van der Waals surface area contributed by atoms with E-state index in [4.69, 9.17) is 0 Å². The van der Waals surface area contributed by atoms with Crippen LogP contribution in [-0.2, 0) is 6.42 Å². The highest BCUT2D eigenvalue weighted by molar-refractivity contribution is 8.02. The van der Waals surface area contributed by atoms with Crippen LogP contribution in [0.1, 0.15) is 30.9 Å². The molecule has 1 aliphatic heterocycles. The van der Waals surface area contributed by atoms with E-state index in [1.54, 1.807) is 0 Å². The molecule has 0 saturated heterocycles. The Hall–Kier alpha value is -0.690. The van der Waals surface area contributed by atoms with Crippen LogP contribution in [0.5, 0.6) is 0 Å². The molecule has 15 heavy (non-hydrogen) atoms. The van der Waals surface area contributed by atoms with Crippen molar-refractivity contribution in [3.8, 4) is 0 Å². The predicted molar refractivity (Wildman–Crippen MR) is 69.3 cm³/mol. The Kier molecular flexibility index (Phi) is 3.53. The van der Waals surface area contributed by atoms with Crippen LogP contribution in [-0.4, -0.2) is 5.75 Å². The number of benzene rings is 1. The van der Waals surface area contributed by atoms with Crippen LogP contribution in [0, 0.1) is 5.92 Å². The molecule has 0 fully saturated rings. The zero-order valence-electron chi connectivity index (χ0n) is 9.44. The van der Waals surface area contributed by atoms with E-state index in [1.165, 1.54) is 23.3 Å². The molecule has 0 saturated carbocycles. The first kappa shape index (κ1) is 10.8. The first-order chi connectivity index (χ1) is 7.25. The van der Waals surface area contributed by atoms with Crippen molar-refractivity contribution in [2.75, 3.05) is 5.75 Å². The molecule has 1 atom stereocenters. The SMILES string of the molecule is CC(C)c1ccc(CC2C=CSC2)cc1. The second-order valence-electron chi connectivity index (χ2n) is 4.52. The monoisotopic (exact) mass is 218 g/mol. The third-order valence-corrected chi connectivity index (χ3v) is 3.87. The molecule has 0 N–H and O–H groups in total. The van der Waals surface area contributed by atoms with Gasteiger partial charge in [0.25, 0.3) is 0 Å². The van der Waals surface area contributed by atoms with Crippen molar-refractivity contribution in [2.45, 2.75) is 26.2 Å². The van der Waals surface area contributed by atoms with E-state index in [1.807, 2.05) is 11.8 Å². The van der Waals surface area contributed by atoms with Crippen LogP contribution < -0.4 is 0 Å². The molecule has 1 aromatic rings. The van der Waals surface area contributed by atoms with Crippen molar-refractivity contribution in [1.29, 1.82) is 0 Å². The van der Waals surface area contributed by atoms with Gasteiger partial charge in [-0.15, -0.1) is 11.8 Å². The minimum absolute atomic E-state index is 0.640. The Morgan fingerprint density at radius 2 is 2.00 bits per heavy atom. The first-order valence-corrected chi connectivity index (χ1v) is 6.67. The summed E-state index contributed by atoms with van der Waals surface area (Å²) in [7, 11) is 0. The van der Waals surface area contributed by atoms with Crippen LogP contribution in [0.25, 0.3) is 0 Å². The minimum atomic E-state index is 0.640. The Labute approximate surface area is 96.8 Å². The van der Waals surface area contributed by atoms with E-state index in [2.05, 4.69) is 49.6 Å². The minimum Gasteiger partial charge on any atom is -0.134 e. The quantitative estimate of drug-likeness (QED) is 0.731. The van der Waals surface area contributed by atoms with Crippen LogP contribution >= 0.6 is 11.8 Å². The summed E-state index contributed by atoms with van der Waals surface area (Å²) in [5.74, 6) is 2.65. The molecule has 0 nitrogen and oxygen atoms in total. The standard InChI is InChI=1S/C14H18S/c1-11(2)14-5-3-12(4-6-14)9-13-7-8-15-10-13/h3-8,11,13H,9-10H2,1-2H3. The Morgan fingerprint density at radius 1 is 1.27 bits per heavy atom. The molecule has 0 aromatic heterocycles. The first-order valence-electron chi connectivity index (χ1n) is 5.63. The fraction of sp³-hybridized carbons (Fsp3) is 0.429. The number of hydrogen-bond donors (Lipinski definition) is 0. The maximum absolute atomic E-state index is 2.33. The van der Waals surface area contributed by atoms with E-state index in [0.717, 1.165) is 5.92 Å². The smallest absolute Gasteiger partial charge is 0.00405 e. The number of hydrogen-bond acceptors (Lipinski definition) is 1. The summed E-state index contributed by atoms with van der Waals surface area (Å²) < 4.78 is 0. The molecule has 0 radical (unpaired) electrons. The highest BCUT2D eigenvalue weighted by atomic mass is 32.2. The summed E-state index contributed by atoms with van der Waals surface area (Å²) in [5.41, 5.74) is 2.91. The molecular formula is C14H18S. The lowest BCUT2D eigenvalue weighted by Crippen LogP contribution is -2.01. The topological polar surface area (TPSA) is 0 Å². The van der Waals surface area contributed by atoms with E-state index in [0.29, 0.717) is 5.92 Å². The fourth-order valence-electron chi connectivity index (χ4n) is 1.87. The van der Waals surface area contributed by atoms with Gasteiger partial charge >= 0.3 is 0 Å². The summed E-state index contributed by atoms with van der Waals surface area (Å²) in [4.78, 5) is 0. The molecule has 1 heteroatoms. The van der Waals surface area contributed by atoms with Gasteiger partial charge in [0.05, 0.1) is 0 Å². The molecule has 1 unspecified atom stereocenters. The average Bonchev–Trinajstić information content (AvgIpc) is 2.71. The zero-order chi connectivity index (χ0) is 10.7. The second kappa shape index (κ2) is 4.89. The van der Waals surface area contributed by atoms with E-state index in [9.17, 15) is 0 Å². The molecule has 0 aliphatic carbocycles. The van der Waals surface area contributed by atoms with Gasteiger partial charge in [0.2, 0.25) is 0 Å². The summed E-state index contributed by atoms with van der Waals surface area (Å²) in [6.07, 6.45) is 3.53. The van der Waals surface area contributed by atoms with Crippen molar-refractivity contribution < 1.29 is 0 Å². The molecule has 1 aliphatic rings. The maximum atomic E-state index is 2.33. The molecule has 1 aromatic carbocycles. The summed E-state index contributed by atoms with van der Waals surface area (Å²) in [5, 5.41) is 2.23. The second-order valence-corrected chi connectivity index (χ2v) is 5.46.